The van der Waals surface area contributed by atoms with E-state index < -0.39 is 0 Å². The van der Waals surface area contributed by atoms with Crippen molar-refractivity contribution < 1.29 is 0 Å². The second-order valence-corrected chi connectivity index (χ2v) is 4.40. The number of rotatable bonds is 5. The minimum Gasteiger partial charge on any atom is -0.312 e. The van der Waals surface area contributed by atoms with Crippen LogP contribution in [-0.2, 0) is 13.0 Å². The van der Waals surface area contributed by atoms with Gasteiger partial charge in [-0.2, -0.15) is 0 Å². The van der Waals surface area contributed by atoms with Crippen molar-refractivity contribution in [2.24, 2.45) is 0 Å². The van der Waals surface area contributed by atoms with E-state index in [0.29, 0.717) is 0 Å². The summed E-state index contributed by atoms with van der Waals surface area (Å²) in [6.07, 6.45) is 1.09. The van der Waals surface area contributed by atoms with Gasteiger partial charge < -0.3 is 5.32 Å². The Kier molecular flexibility index (Phi) is 4.34. The van der Waals surface area contributed by atoms with Gasteiger partial charge in [-0.05, 0) is 31.0 Å². The van der Waals surface area contributed by atoms with Crippen LogP contribution in [0.4, 0.5) is 0 Å². The van der Waals surface area contributed by atoms with Crippen LogP contribution in [-0.4, -0.2) is 6.54 Å². The lowest BCUT2D eigenvalue weighted by atomic mass is 10.1. The van der Waals surface area contributed by atoms with E-state index in [1.165, 1.54) is 16.7 Å². The lowest BCUT2D eigenvalue weighted by molar-refractivity contribution is 0.686. The highest BCUT2D eigenvalue weighted by molar-refractivity contribution is 5.22. The highest BCUT2D eigenvalue weighted by atomic mass is 14.8. The Morgan fingerprint density at radius 2 is 1.65 bits per heavy atom. The molecule has 1 nitrogen and oxygen atoms in total. The second kappa shape index (κ2) is 6.21. The first-order valence-corrected chi connectivity index (χ1v) is 6.15. The third kappa shape index (κ3) is 4.04. The first-order chi connectivity index (χ1) is 8.34. The van der Waals surface area contributed by atoms with E-state index in [-0.39, 0.29) is 0 Å². The maximum Gasteiger partial charge on any atom is 0.0205 e. The molecule has 0 amide bonds. The summed E-state index contributed by atoms with van der Waals surface area (Å²) in [6, 6.07) is 19.2. The van der Waals surface area contributed by atoms with Crippen LogP contribution < -0.4 is 5.32 Å². The van der Waals surface area contributed by atoms with Crippen LogP contribution in [0.1, 0.15) is 16.7 Å². The minimum absolute atomic E-state index is 0.953. The molecule has 2 aromatic carbocycles. The van der Waals surface area contributed by atoms with E-state index in [9.17, 15) is 0 Å². The van der Waals surface area contributed by atoms with Crippen molar-refractivity contribution in [1.82, 2.24) is 5.32 Å². The molecule has 0 aliphatic rings. The summed E-state index contributed by atoms with van der Waals surface area (Å²) in [4.78, 5) is 0. The summed E-state index contributed by atoms with van der Waals surface area (Å²) in [7, 11) is 0. The van der Waals surface area contributed by atoms with Crippen LogP contribution in [0, 0.1) is 6.92 Å². The summed E-state index contributed by atoms with van der Waals surface area (Å²) >= 11 is 0. The van der Waals surface area contributed by atoms with Crippen molar-refractivity contribution in [2.75, 3.05) is 6.54 Å². The zero-order valence-corrected chi connectivity index (χ0v) is 10.3. The van der Waals surface area contributed by atoms with Gasteiger partial charge in [-0.1, -0.05) is 60.2 Å². The number of benzene rings is 2. The standard InChI is InChI=1S/C16H19N/c1-14-6-5-9-16(12-14)13-17-11-10-15-7-3-2-4-8-15/h2-9,12,17H,10-11,13H2,1H3. The molecule has 2 aromatic rings. The van der Waals surface area contributed by atoms with E-state index in [0.717, 1.165) is 19.5 Å². The predicted molar refractivity (Wildman–Crippen MR) is 73.0 cm³/mol. The maximum atomic E-state index is 3.48. The van der Waals surface area contributed by atoms with E-state index in [2.05, 4.69) is 66.8 Å². The highest BCUT2D eigenvalue weighted by Gasteiger charge is 1.94. The average molecular weight is 225 g/mol. The monoisotopic (exact) mass is 225 g/mol. The molecule has 0 aliphatic heterocycles. The zero-order valence-electron chi connectivity index (χ0n) is 10.3. The topological polar surface area (TPSA) is 12.0 Å². The summed E-state index contributed by atoms with van der Waals surface area (Å²) in [5, 5.41) is 3.48. The molecule has 1 heteroatoms. The fourth-order valence-corrected chi connectivity index (χ4v) is 1.93. The van der Waals surface area contributed by atoms with Crippen molar-refractivity contribution in [1.29, 1.82) is 0 Å². The van der Waals surface area contributed by atoms with Gasteiger partial charge in [0.15, 0.2) is 0 Å². The first kappa shape index (κ1) is 11.9. The van der Waals surface area contributed by atoms with Gasteiger partial charge in [0, 0.05) is 6.54 Å². The summed E-state index contributed by atoms with van der Waals surface area (Å²) in [5.74, 6) is 0. The van der Waals surface area contributed by atoms with Gasteiger partial charge in [-0.25, -0.2) is 0 Å². The molecule has 17 heavy (non-hydrogen) atoms. The normalized spacial score (nSPS) is 10.4. The van der Waals surface area contributed by atoms with E-state index in [1.54, 1.807) is 0 Å². The molecule has 0 spiro atoms. The summed E-state index contributed by atoms with van der Waals surface area (Å²) in [6.45, 7) is 4.11. The van der Waals surface area contributed by atoms with Gasteiger partial charge in [0.1, 0.15) is 0 Å². The van der Waals surface area contributed by atoms with Crippen LogP contribution in [0.3, 0.4) is 0 Å². The first-order valence-electron chi connectivity index (χ1n) is 6.15. The summed E-state index contributed by atoms with van der Waals surface area (Å²) < 4.78 is 0. The third-order valence-corrected chi connectivity index (χ3v) is 2.84. The van der Waals surface area contributed by atoms with Crippen LogP contribution in [0.15, 0.2) is 54.6 Å². The van der Waals surface area contributed by atoms with Gasteiger partial charge in [0.25, 0.3) is 0 Å². The van der Waals surface area contributed by atoms with Crippen LogP contribution >= 0.6 is 0 Å². The highest BCUT2D eigenvalue weighted by Crippen LogP contribution is 2.03. The molecule has 2 rings (SSSR count). The predicted octanol–water partition coefficient (Wildman–Crippen LogP) is 3.33. The Labute approximate surface area is 103 Å². The van der Waals surface area contributed by atoms with E-state index >= 15 is 0 Å². The van der Waals surface area contributed by atoms with Gasteiger partial charge >= 0.3 is 0 Å². The van der Waals surface area contributed by atoms with E-state index in [4.69, 9.17) is 0 Å². The molecule has 0 bridgehead atoms. The van der Waals surface area contributed by atoms with Gasteiger partial charge in [0.05, 0.1) is 0 Å². The van der Waals surface area contributed by atoms with E-state index in [1.807, 2.05) is 0 Å². The molecular formula is C16H19N. The molecule has 0 fully saturated rings. The molecule has 0 radical (unpaired) electrons. The molecule has 0 aromatic heterocycles. The molecule has 88 valence electrons. The average Bonchev–Trinajstić information content (AvgIpc) is 2.36. The molecular weight excluding hydrogens is 206 g/mol. The Hall–Kier alpha value is -1.60. The number of aryl methyl sites for hydroxylation is 1. The fourth-order valence-electron chi connectivity index (χ4n) is 1.93. The molecule has 0 saturated carbocycles. The lowest BCUT2D eigenvalue weighted by Crippen LogP contribution is -2.16. The maximum absolute atomic E-state index is 3.48. The van der Waals surface area contributed by atoms with Crippen molar-refractivity contribution in [3.63, 3.8) is 0 Å². The molecule has 0 unspecified atom stereocenters. The zero-order chi connectivity index (χ0) is 11.9. The van der Waals surface area contributed by atoms with Crippen LogP contribution in [0.2, 0.25) is 0 Å². The van der Waals surface area contributed by atoms with Gasteiger partial charge in [-0.15, -0.1) is 0 Å². The van der Waals surface area contributed by atoms with Crippen molar-refractivity contribution in [3.8, 4) is 0 Å². The van der Waals surface area contributed by atoms with Gasteiger partial charge in [0.2, 0.25) is 0 Å². The number of hydrogen-bond donors (Lipinski definition) is 1. The molecule has 0 atom stereocenters. The SMILES string of the molecule is Cc1cccc(CNCCc2ccccc2)c1. The Bertz CT molecular complexity index is 448. The fraction of sp³-hybridized carbons (Fsp3) is 0.250. The Morgan fingerprint density at radius 1 is 0.882 bits per heavy atom. The Balaban J connectivity index is 1.73. The van der Waals surface area contributed by atoms with Crippen LogP contribution in [0.5, 0.6) is 0 Å². The molecule has 0 heterocycles. The molecule has 0 aliphatic carbocycles. The Morgan fingerprint density at radius 3 is 2.41 bits per heavy atom. The van der Waals surface area contributed by atoms with Crippen molar-refractivity contribution in [3.05, 3.63) is 71.3 Å². The largest absolute Gasteiger partial charge is 0.312 e. The van der Waals surface area contributed by atoms with Crippen LogP contribution in [0.25, 0.3) is 0 Å². The third-order valence-electron chi connectivity index (χ3n) is 2.84. The number of nitrogens with one attached hydrogen (secondary N) is 1. The number of hydrogen-bond acceptors (Lipinski definition) is 1. The smallest absolute Gasteiger partial charge is 0.0205 e. The second-order valence-electron chi connectivity index (χ2n) is 4.40. The van der Waals surface area contributed by atoms with Crippen molar-refractivity contribution in [2.45, 2.75) is 19.9 Å². The van der Waals surface area contributed by atoms with Gasteiger partial charge in [-0.3, -0.25) is 0 Å². The quantitative estimate of drug-likeness (QED) is 0.770. The van der Waals surface area contributed by atoms with Crippen molar-refractivity contribution >= 4 is 0 Å². The molecule has 1 N–H and O–H groups in total. The summed E-state index contributed by atoms with van der Waals surface area (Å²) in [5.41, 5.74) is 4.08. The molecule has 0 saturated heterocycles. The minimum atomic E-state index is 0.953. The lowest BCUT2D eigenvalue weighted by Gasteiger charge is -2.05.